The molecule has 0 saturated heterocycles. The number of carbonyl (C=O) groups is 5. The first-order chi connectivity index (χ1) is 65.7. The second-order valence-electron chi connectivity index (χ2n) is 31.1. The summed E-state index contributed by atoms with van der Waals surface area (Å²) in [5, 5.41) is 187. The number of unbranched alkanes of at least 4 members (excludes halogenated alkanes) is 25. The second kappa shape index (κ2) is 148. The van der Waals surface area contributed by atoms with Gasteiger partial charge in [-0.25, -0.2) is 0 Å². The maximum atomic E-state index is 10.3. The summed E-state index contributed by atoms with van der Waals surface area (Å²) in [6.07, 6.45) is 111. The number of allylic oxidation sites excluding steroid dienone is 30. The molecule has 0 bridgehead atoms. The van der Waals surface area contributed by atoms with Gasteiger partial charge >= 0.3 is 29.8 Å². The Balaban J connectivity index is -0.000000146. The first kappa shape index (κ1) is 152. The summed E-state index contributed by atoms with van der Waals surface area (Å²) in [6, 6.07) is 0. The molecule has 0 spiro atoms. The molecule has 0 rings (SSSR count). The van der Waals surface area contributed by atoms with Crippen molar-refractivity contribution in [1.29, 1.82) is 0 Å². The summed E-state index contributed by atoms with van der Waals surface area (Å²) in [4.78, 5) is 51.6. The number of aliphatic hydroxyl groups excluding tert-OH is 18. The molecule has 0 aromatic rings. The summed E-state index contributed by atoms with van der Waals surface area (Å²) in [5.41, 5.74) is 0. The van der Waals surface area contributed by atoms with Gasteiger partial charge in [0.1, 0.15) is 36.6 Å². The van der Waals surface area contributed by atoms with Crippen LogP contribution in [-0.2, 0) is 24.0 Å². The van der Waals surface area contributed by atoms with Crippen molar-refractivity contribution in [2.24, 2.45) is 0 Å². The van der Waals surface area contributed by atoms with Gasteiger partial charge in [0.15, 0.2) is 0 Å². The Morgan fingerprint density at radius 3 is 0.346 bits per heavy atom. The van der Waals surface area contributed by atoms with E-state index in [0.29, 0.717) is 32.1 Å². The van der Waals surface area contributed by atoms with E-state index in [0.717, 1.165) is 225 Å². The molecule has 0 atom stereocenters. The van der Waals surface area contributed by atoms with Gasteiger partial charge in [0.05, 0.1) is 79.3 Å². The zero-order valence-corrected chi connectivity index (χ0v) is 84.5. The van der Waals surface area contributed by atoms with Gasteiger partial charge in [-0.15, -0.1) is 0 Å². The monoisotopic (exact) mass is 1940 g/mol. The fourth-order valence-electron chi connectivity index (χ4n) is 9.82. The molecule has 0 radical (unpaired) electrons. The number of hydrogen-bond donors (Lipinski definition) is 23. The van der Waals surface area contributed by atoms with Gasteiger partial charge in [-0.05, 0) is 193 Å². The highest BCUT2D eigenvalue weighted by Gasteiger charge is 2.03. The summed E-state index contributed by atoms with van der Waals surface area (Å²) in [6.45, 7) is 6.36. The van der Waals surface area contributed by atoms with Gasteiger partial charge in [-0.1, -0.05) is 313 Å². The molecule has 0 fully saturated rings. The van der Waals surface area contributed by atoms with Crippen LogP contribution >= 0.6 is 0 Å². The fraction of sp³-hybridized carbons (Fsp3) is 0.676. The minimum atomic E-state index is -0.954. The van der Waals surface area contributed by atoms with Crippen LogP contribution in [0.2, 0.25) is 0 Å². The Bertz CT molecular complexity index is 2340. The van der Waals surface area contributed by atoms with Gasteiger partial charge in [-0.3, -0.25) is 24.0 Å². The molecule has 0 aromatic heterocycles. The molecular formula is C108H198O28. The van der Waals surface area contributed by atoms with E-state index in [1.54, 1.807) is 0 Å². The maximum Gasteiger partial charge on any atom is 0.303 e. The number of aliphatic hydroxyl groups is 18. The minimum Gasteiger partial charge on any atom is -0.481 e. The lowest BCUT2D eigenvalue weighted by atomic mass is 10.1. The third kappa shape index (κ3) is 194. The van der Waals surface area contributed by atoms with Crippen molar-refractivity contribution in [2.75, 3.05) is 79.3 Å². The van der Waals surface area contributed by atoms with Crippen molar-refractivity contribution in [3.8, 4) is 0 Å². The lowest BCUT2D eigenvalue weighted by molar-refractivity contribution is -0.138. The molecule has 0 saturated carbocycles. The largest absolute Gasteiger partial charge is 0.481 e. The second-order valence-corrected chi connectivity index (χ2v) is 31.1. The summed E-state index contributed by atoms with van der Waals surface area (Å²) >= 11 is 0. The first-order valence-corrected chi connectivity index (χ1v) is 49.9. The average molecular weight is 1940 g/mol. The highest BCUT2D eigenvalue weighted by Crippen LogP contribution is 2.13. The van der Waals surface area contributed by atoms with Crippen molar-refractivity contribution >= 4 is 29.8 Å². The standard InChI is InChI=1S/5C18H30O2.6C3H8O3/c5*1-2-3-4-5-6-7-8-9-10-11-12-13-14-15-16-17-18(19)20;6*4-1-3(6)2-5/h5*3-4,6-7,9-10H,2,5,8,11-17H2,1H3,(H,19,20);6*3-6H,1-2H2/b5*4-3-,7-6-,10-9-;;;;;;. The Kier molecular flexibility index (Phi) is 165. The van der Waals surface area contributed by atoms with E-state index in [-0.39, 0.29) is 79.3 Å². The van der Waals surface area contributed by atoms with Crippen LogP contribution in [-0.4, -0.2) is 263 Å². The quantitative estimate of drug-likeness (QED) is 0.0199. The van der Waals surface area contributed by atoms with E-state index < -0.39 is 66.5 Å². The smallest absolute Gasteiger partial charge is 0.303 e. The van der Waals surface area contributed by atoms with Crippen LogP contribution in [0.3, 0.4) is 0 Å². The van der Waals surface area contributed by atoms with E-state index in [4.69, 9.17) is 117 Å². The maximum absolute atomic E-state index is 10.3. The van der Waals surface area contributed by atoms with Crippen molar-refractivity contribution in [3.63, 3.8) is 0 Å². The zero-order chi connectivity index (χ0) is 104. The lowest BCUT2D eigenvalue weighted by Crippen LogP contribution is -2.15. The van der Waals surface area contributed by atoms with Gasteiger partial charge in [0, 0.05) is 32.1 Å². The molecular weight excluding hydrogens is 1750 g/mol. The van der Waals surface area contributed by atoms with Crippen LogP contribution in [0.1, 0.15) is 356 Å². The Hall–Kier alpha value is -7.27. The van der Waals surface area contributed by atoms with Crippen LogP contribution in [0.4, 0.5) is 0 Å². The molecule has 0 aliphatic carbocycles. The van der Waals surface area contributed by atoms with E-state index >= 15 is 0 Å². The zero-order valence-electron chi connectivity index (χ0n) is 84.5. The molecule has 0 aromatic carbocycles. The lowest BCUT2D eigenvalue weighted by Gasteiger charge is -1.98. The molecule has 0 unspecified atom stereocenters. The van der Waals surface area contributed by atoms with Crippen LogP contribution in [0, 0.1) is 0 Å². The average Bonchev–Trinajstić information content (AvgIpc) is 0.819. The van der Waals surface area contributed by atoms with E-state index in [1.165, 1.54) is 64.2 Å². The van der Waals surface area contributed by atoms with Crippen LogP contribution in [0.15, 0.2) is 182 Å². The van der Waals surface area contributed by atoms with Gasteiger partial charge < -0.3 is 117 Å². The van der Waals surface area contributed by atoms with Crippen molar-refractivity contribution < 1.29 is 141 Å². The molecule has 136 heavy (non-hydrogen) atoms. The number of rotatable bonds is 77. The Morgan fingerprint density at radius 2 is 0.250 bits per heavy atom. The molecule has 0 aliphatic rings. The minimum absolute atomic E-state index is 0.319. The van der Waals surface area contributed by atoms with Crippen molar-refractivity contribution in [1.82, 2.24) is 0 Å². The van der Waals surface area contributed by atoms with Crippen molar-refractivity contribution in [2.45, 2.75) is 392 Å². The molecule has 28 nitrogen and oxygen atoms in total. The topological polar surface area (TPSA) is 551 Å². The number of carboxylic acid groups (broad SMARTS) is 5. The van der Waals surface area contributed by atoms with Crippen LogP contribution in [0.5, 0.6) is 0 Å². The van der Waals surface area contributed by atoms with Gasteiger partial charge in [0.2, 0.25) is 0 Å². The molecule has 0 amide bonds. The van der Waals surface area contributed by atoms with E-state index in [2.05, 4.69) is 217 Å². The van der Waals surface area contributed by atoms with E-state index in [1.807, 2.05) is 0 Å². The normalized spacial score (nSPS) is 11.5. The Morgan fingerprint density at radius 1 is 0.154 bits per heavy atom. The van der Waals surface area contributed by atoms with Gasteiger partial charge in [-0.2, -0.15) is 0 Å². The van der Waals surface area contributed by atoms with Crippen LogP contribution < -0.4 is 0 Å². The molecule has 28 heteroatoms. The highest BCUT2D eigenvalue weighted by atomic mass is 16.4. The number of hydrogen-bond acceptors (Lipinski definition) is 23. The van der Waals surface area contributed by atoms with Gasteiger partial charge in [0.25, 0.3) is 0 Å². The molecule has 0 aliphatic heterocycles. The SMILES string of the molecule is CC/C=C\C/C=C\C/C=C\CCCCCCCC(=O)O.CC/C=C\C/C=C\C/C=C\CCCCCCCC(=O)O.CC/C=C\C/C=C\C/C=C\CCCCCCCC(=O)O.CC/C=C\C/C=C\C/C=C\CCCCCCCC(=O)O.CC/C=C\C/C=C\C/C=C\CCCCCCCC(=O)O.OCC(O)CO.OCC(O)CO.OCC(O)CO.OCC(O)CO.OCC(O)CO.OCC(O)CO. The molecule has 798 valence electrons. The third-order valence-corrected chi connectivity index (χ3v) is 17.7. The molecule has 23 N–H and O–H groups in total. The predicted molar refractivity (Wildman–Crippen MR) is 556 cm³/mol. The van der Waals surface area contributed by atoms with E-state index in [9.17, 15) is 24.0 Å². The number of carboxylic acids is 5. The summed E-state index contributed by atoms with van der Waals surface area (Å²) in [7, 11) is 0. The Labute approximate surface area is 821 Å². The number of aliphatic carboxylic acids is 5. The molecule has 0 heterocycles. The fourth-order valence-corrected chi connectivity index (χ4v) is 9.82. The first-order valence-electron chi connectivity index (χ1n) is 49.9. The third-order valence-electron chi connectivity index (χ3n) is 17.7. The summed E-state index contributed by atoms with van der Waals surface area (Å²) < 4.78 is 0. The van der Waals surface area contributed by atoms with Crippen molar-refractivity contribution in [3.05, 3.63) is 182 Å². The summed E-state index contributed by atoms with van der Waals surface area (Å²) in [5.74, 6) is -3.37. The highest BCUT2D eigenvalue weighted by molar-refractivity contribution is 5.67. The predicted octanol–water partition coefficient (Wildman–Crippen LogP) is 18.3. The van der Waals surface area contributed by atoms with Crippen LogP contribution in [0.25, 0.3) is 0 Å².